The van der Waals surface area contributed by atoms with E-state index in [-0.39, 0.29) is 6.03 Å². The van der Waals surface area contributed by atoms with Crippen molar-refractivity contribution in [2.75, 3.05) is 32.7 Å². The molecule has 4 heteroatoms. The summed E-state index contributed by atoms with van der Waals surface area (Å²) in [6.07, 6.45) is 1.24. The Labute approximate surface area is 128 Å². The quantitative estimate of drug-likeness (QED) is 0.904. The monoisotopic (exact) mass is 289 g/mol. The Morgan fingerprint density at radius 2 is 1.81 bits per heavy atom. The number of amides is 2. The zero-order valence-electron chi connectivity index (χ0n) is 13.2. The highest BCUT2D eigenvalue weighted by atomic mass is 16.2. The minimum atomic E-state index is 0.0577. The van der Waals surface area contributed by atoms with Crippen molar-refractivity contribution in [2.45, 2.75) is 26.8 Å². The first-order valence-electron chi connectivity index (χ1n) is 7.94. The summed E-state index contributed by atoms with van der Waals surface area (Å²) in [4.78, 5) is 16.5. The maximum Gasteiger partial charge on any atom is 0.317 e. The molecule has 1 aromatic rings. The van der Waals surface area contributed by atoms with Gasteiger partial charge in [-0.3, -0.25) is 4.90 Å². The lowest BCUT2D eigenvalue weighted by atomic mass is 10.1. The summed E-state index contributed by atoms with van der Waals surface area (Å²) in [5.74, 6) is 0.747. The number of carbonyl (C=O) groups excluding carboxylic acids is 1. The summed E-state index contributed by atoms with van der Waals surface area (Å²) >= 11 is 0. The number of urea groups is 1. The molecule has 116 valence electrons. The normalized spacial score (nSPS) is 16.2. The van der Waals surface area contributed by atoms with Crippen LogP contribution in [0.1, 0.15) is 25.8 Å². The molecule has 0 bridgehead atoms. The molecule has 0 aromatic heterocycles. The van der Waals surface area contributed by atoms with Crippen molar-refractivity contribution < 1.29 is 4.79 Å². The fourth-order valence-corrected chi connectivity index (χ4v) is 2.50. The lowest BCUT2D eigenvalue weighted by Crippen LogP contribution is -2.51. The zero-order valence-corrected chi connectivity index (χ0v) is 13.2. The van der Waals surface area contributed by atoms with E-state index in [2.05, 4.69) is 24.1 Å². The molecule has 1 aromatic carbocycles. The van der Waals surface area contributed by atoms with E-state index in [0.717, 1.165) is 44.2 Å². The minimum Gasteiger partial charge on any atom is -0.334 e. The molecule has 0 radical (unpaired) electrons. The molecule has 1 aliphatic heterocycles. The second-order valence-electron chi connectivity index (χ2n) is 6.16. The van der Waals surface area contributed by atoms with E-state index in [4.69, 9.17) is 0 Å². The summed E-state index contributed by atoms with van der Waals surface area (Å²) in [6.45, 7) is 9.92. The van der Waals surface area contributed by atoms with E-state index in [1.807, 2.05) is 35.2 Å². The number of piperazine rings is 1. The smallest absolute Gasteiger partial charge is 0.317 e. The highest BCUT2D eigenvalue weighted by Gasteiger charge is 2.20. The number of rotatable bonds is 5. The van der Waals surface area contributed by atoms with E-state index >= 15 is 0 Å². The van der Waals surface area contributed by atoms with E-state index < -0.39 is 0 Å². The van der Waals surface area contributed by atoms with E-state index in [1.165, 1.54) is 6.42 Å². The van der Waals surface area contributed by atoms with E-state index in [0.29, 0.717) is 6.54 Å². The number of hydrogen-bond donors (Lipinski definition) is 1. The standard InChI is InChI=1S/C17H27N3O/c1-15(2)8-9-19-10-12-20(13-11-19)17(21)18-14-16-6-4-3-5-7-16/h3-7,15H,8-14H2,1-2H3,(H,18,21). The van der Waals surface area contributed by atoms with Gasteiger partial charge in [0.15, 0.2) is 0 Å². The highest BCUT2D eigenvalue weighted by Crippen LogP contribution is 2.07. The molecule has 1 N–H and O–H groups in total. The van der Waals surface area contributed by atoms with Gasteiger partial charge in [-0.2, -0.15) is 0 Å². The van der Waals surface area contributed by atoms with Crippen LogP contribution in [-0.2, 0) is 6.54 Å². The molecule has 0 spiro atoms. The van der Waals surface area contributed by atoms with Crippen LogP contribution in [0.15, 0.2) is 30.3 Å². The number of hydrogen-bond acceptors (Lipinski definition) is 2. The molecule has 2 amide bonds. The zero-order chi connectivity index (χ0) is 15.1. The van der Waals surface area contributed by atoms with Gasteiger partial charge in [0.25, 0.3) is 0 Å². The summed E-state index contributed by atoms with van der Waals surface area (Å²) in [5, 5.41) is 3.00. The third kappa shape index (κ3) is 5.38. The predicted octanol–water partition coefficient (Wildman–Crippen LogP) is 2.56. The Morgan fingerprint density at radius 3 is 2.43 bits per heavy atom. The molecule has 0 aliphatic carbocycles. The Morgan fingerprint density at radius 1 is 1.14 bits per heavy atom. The van der Waals surface area contributed by atoms with Gasteiger partial charge >= 0.3 is 6.03 Å². The van der Waals surface area contributed by atoms with Crippen molar-refractivity contribution in [1.29, 1.82) is 0 Å². The van der Waals surface area contributed by atoms with Gasteiger partial charge in [-0.05, 0) is 24.4 Å². The average Bonchev–Trinajstić information content (AvgIpc) is 2.52. The van der Waals surface area contributed by atoms with Crippen LogP contribution < -0.4 is 5.32 Å². The van der Waals surface area contributed by atoms with Gasteiger partial charge < -0.3 is 10.2 Å². The topological polar surface area (TPSA) is 35.6 Å². The first-order valence-corrected chi connectivity index (χ1v) is 7.94. The molecule has 0 saturated carbocycles. The van der Waals surface area contributed by atoms with Gasteiger partial charge in [-0.25, -0.2) is 4.79 Å². The van der Waals surface area contributed by atoms with Gasteiger partial charge in [0.05, 0.1) is 0 Å². The minimum absolute atomic E-state index is 0.0577. The number of nitrogens with one attached hydrogen (secondary N) is 1. The summed E-state index contributed by atoms with van der Waals surface area (Å²) < 4.78 is 0. The predicted molar refractivity (Wildman–Crippen MR) is 86.1 cm³/mol. The second-order valence-corrected chi connectivity index (χ2v) is 6.16. The van der Waals surface area contributed by atoms with Crippen molar-refractivity contribution >= 4 is 6.03 Å². The molecule has 1 aliphatic rings. The summed E-state index contributed by atoms with van der Waals surface area (Å²) in [5.41, 5.74) is 1.14. The van der Waals surface area contributed by atoms with Gasteiger partial charge in [0.1, 0.15) is 0 Å². The fraction of sp³-hybridized carbons (Fsp3) is 0.588. The summed E-state index contributed by atoms with van der Waals surface area (Å²) in [6, 6.07) is 10.1. The summed E-state index contributed by atoms with van der Waals surface area (Å²) in [7, 11) is 0. The maximum atomic E-state index is 12.1. The molecular weight excluding hydrogens is 262 g/mol. The SMILES string of the molecule is CC(C)CCN1CCN(C(=O)NCc2ccccc2)CC1. The lowest BCUT2D eigenvalue weighted by Gasteiger charge is -2.35. The van der Waals surface area contributed by atoms with Gasteiger partial charge in [0, 0.05) is 32.7 Å². The van der Waals surface area contributed by atoms with Gasteiger partial charge in [-0.15, -0.1) is 0 Å². The van der Waals surface area contributed by atoms with E-state index in [9.17, 15) is 4.79 Å². The molecule has 1 fully saturated rings. The molecule has 0 atom stereocenters. The van der Waals surface area contributed by atoms with Crippen molar-refractivity contribution in [3.63, 3.8) is 0 Å². The molecule has 1 saturated heterocycles. The number of nitrogens with zero attached hydrogens (tertiary/aromatic N) is 2. The molecule has 1 heterocycles. The molecule has 0 unspecified atom stereocenters. The largest absolute Gasteiger partial charge is 0.334 e. The molecular formula is C17H27N3O. The Balaban J connectivity index is 1.68. The maximum absolute atomic E-state index is 12.1. The van der Waals surface area contributed by atoms with Crippen molar-refractivity contribution in [1.82, 2.24) is 15.1 Å². The van der Waals surface area contributed by atoms with Crippen LogP contribution in [0.3, 0.4) is 0 Å². The van der Waals surface area contributed by atoms with E-state index in [1.54, 1.807) is 0 Å². The van der Waals surface area contributed by atoms with Crippen LogP contribution in [-0.4, -0.2) is 48.6 Å². The van der Waals surface area contributed by atoms with Crippen LogP contribution in [0.25, 0.3) is 0 Å². The van der Waals surface area contributed by atoms with Crippen molar-refractivity contribution in [2.24, 2.45) is 5.92 Å². The Kier molecular flexibility index (Phi) is 6.05. The molecule has 21 heavy (non-hydrogen) atoms. The molecule has 4 nitrogen and oxygen atoms in total. The highest BCUT2D eigenvalue weighted by molar-refractivity contribution is 5.74. The van der Waals surface area contributed by atoms with Crippen molar-refractivity contribution in [3.8, 4) is 0 Å². The van der Waals surface area contributed by atoms with Crippen LogP contribution >= 0.6 is 0 Å². The third-order valence-corrected chi connectivity index (χ3v) is 3.97. The second kappa shape index (κ2) is 8.03. The van der Waals surface area contributed by atoms with Crippen LogP contribution in [0.5, 0.6) is 0 Å². The van der Waals surface area contributed by atoms with Gasteiger partial charge in [-0.1, -0.05) is 44.2 Å². The van der Waals surface area contributed by atoms with Crippen molar-refractivity contribution in [3.05, 3.63) is 35.9 Å². The van der Waals surface area contributed by atoms with Crippen LogP contribution in [0.4, 0.5) is 4.79 Å². The first kappa shape index (κ1) is 15.8. The average molecular weight is 289 g/mol. The third-order valence-electron chi connectivity index (χ3n) is 3.97. The number of benzene rings is 1. The lowest BCUT2D eigenvalue weighted by molar-refractivity contribution is 0.135. The van der Waals surface area contributed by atoms with Crippen LogP contribution in [0, 0.1) is 5.92 Å². The Hall–Kier alpha value is -1.55. The van der Waals surface area contributed by atoms with Crippen LogP contribution in [0.2, 0.25) is 0 Å². The first-order chi connectivity index (χ1) is 10.1. The number of carbonyl (C=O) groups is 1. The fourth-order valence-electron chi connectivity index (χ4n) is 2.50. The van der Waals surface area contributed by atoms with Gasteiger partial charge in [0.2, 0.25) is 0 Å². The Bertz CT molecular complexity index is 425. The molecule has 2 rings (SSSR count).